The average Bonchev–Trinajstić information content (AvgIpc) is 3.21. The highest BCUT2D eigenvalue weighted by atomic mass is 16.6. The molecule has 39 heavy (non-hydrogen) atoms. The Bertz CT molecular complexity index is 1330. The van der Waals surface area contributed by atoms with Crippen molar-refractivity contribution in [3.05, 3.63) is 111 Å². The zero-order chi connectivity index (χ0) is 27.4. The van der Waals surface area contributed by atoms with Crippen molar-refractivity contribution < 1.29 is 19.3 Å². The molecule has 10 nitrogen and oxygen atoms in total. The quantitative estimate of drug-likeness (QED) is 0.207. The van der Waals surface area contributed by atoms with Gasteiger partial charge in [0.15, 0.2) is 0 Å². The lowest BCUT2D eigenvalue weighted by atomic mass is 9.96. The summed E-state index contributed by atoms with van der Waals surface area (Å²) < 4.78 is 0. The molecule has 0 spiro atoms. The number of fused-ring (bicyclic) bond motifs is 1. The largest absolute Gasteiger partial charge is 0.338 e. The molecule has 0 radical (unpaired) electrons. The first-order chi connectivity index (χ1) is 18.9. The van der Waals surface area contributed by atoms with Crippen LogP contribution in [-0.4, -0.2) is 76.7 Å². The van der Waals surface area contributed by atoms with Gasteiger partial charge in [0.1, 0.15) is 0 Å². The molecular formula is C29H29N5O5. The number of amides is 4. The van der Waals surface area contributed by atoms with E-state index in [0.29, 0.717) is 26.1 Å². The number of rotatable bonds is 8. The highest BCUT2D eigenvalue weighted by Gasteiger charge is 2.36. The molecule has 10 heteroatoms. The Morgan fingerprint density at radius 2 is 1.44 bits per heavy atom. The van der Waals surface area contributed by atoms with Gasteiger partial charge in [0.05, 0.1) is 22.1 Å². The Balaban J connectivity index is 1.11. The van der Waals surface area contributed by atoms with Crippen LogP contribution in [0.15, 0.2) is 78.9 Å². The first kappa shape index (κ1) is 26.1. The van der Waals surface area contributed by atoms with Gasteiger partial charge in [0.2, 0.25) is 0 Å². The third-order valence-electron chi connectivity index (χ3n) is 7.20. The van der Waals surface area contributed by atoms with Gasteiger partial charge in [0, 0.05) is 51.4 Å². The number of carbonyl (C=O) groups excluding carboxylic acids is 3. The lowest BCUT2D eigenvalue weighted by Crippen LogP contribution is -2.52. The third-order valence-corrected chi connectivity index (χ3v) is 7.20. The van der Waals surface area contributed by atoms with Gasteiger partial charge in [-0.15, -0.1) is 0 Å². The fraction of sp³-hybridized carbons (Fsp3) is 0.276. The number of benzene rings is 3. The molecule has 0 unspecified atom stereocenters. The van der Waals surface area contributed by atoms with E-state index in [2.05, 4.69) is 34.5 Å². The zero-order valence-corrected chi connectivity index (χ0v) is 21.4. The van der Waals surface area contributed by atoms with Gasteiger partial charge in [-0.3, -0.25) is 29.5 Å². The van der Waals surface area contributed by atoms with Gasteiger partial charge in [-0.2, -0.15) is 0 Å². The summed E-state index contributed by atoms with van der Waals surface area (Å²) in [7, 11) is 0. The van der Waals surface area contributed by atoms with Crippen LogP contribution >= 0.6 is 0 Å². The molecule has 0 bridgehead atoms. The van der Waals surface area contributed by atoms with E-state index in [9.17, 15) is 24.5 Å². The van der Waals surface area contributed by atoms with Crippen LogP contribution in [0.1, 0.15) is 44.3 Å². The number of nitrogens with one attached hydrogen (secondary N) is 1. The maximum absolute atomic E-state index is 12.8. The van der Waals surface area contributed by atoms with Crippen molar-refractivity contribution in [2.24, 2.45) is 0 Å². The number of urea groups is 1. The summed E-state index contributed by atoms with van der Waals surface area (Å²) in [6.45, 7) is 3.03. The summed E-state index contributed by atoms with van der Waals surface area (Å²) in [5, 5.41) is 13.9. The van der Waals surface area contributed by atoms with Crippen molar-refractivity contribution in [3.8, 4) is 0 Å². The molecule has 1 saturated heterocycles. The number of nitrogens with zero attached hydrogens (tertiary/aromatic N) is 4. The van der Waals surface area contributed by atoms with E-state index in [1.54, 1.807) is 4.90 Å². The second-order valence-corrected chi connectivity index (χ2v) is 9.58. The minimum Gasteiger partial charge on any atom is -0.338 e. The number of piperazine rings is 1. The molecule has 3 aromatic rings. The lowest BCUT2D eigenvalue weighted by Gasteiger charge is -2.39. The minimum atomic E-state index is -0.598. The third kappa shape index (κ3) is 5.51. The Morgan fingerprint density at radius 1 is 0.846 bits per heavy atom. The van der Waals surface area contributed by atoms with Crippen LogP contribution < -0.4 is 5.32 Å². The normalized spacial score (nSPS) is 15.5. The topological polar surface area (TPSA) is 116 Å². The molecule has 2 aliphatic rings. The second kappa shape index (κ2) is 11.4. The van der Waals surface area contributed by atoms with Gasteiger partial charge in [-0.1, -0.05) is 60.7 Å². The summed E-state index contributed by atoms with van der Waals surface area (Å²) in [6.07, 6.45) is 0.378. The van der Waals surface area contributed by atoms with E-state index < -0.39 is 16.7 Å². The SMILES string of the molecule is O=C(NCCCN1C(=O)c2ccc([N+](=O)[O-])cc2C1=O)N1CCN(C(c2ccccc2)c2ccccc2)CC1. The zero-order valence-electron chi connectivity index (χ0n) is 21.4. The molecule has 2 aliphatic heterocycles. The minimum absolute atomic E-state index is 0.0421. The Morgan fingerprint density at radius 3 is 2.03 bits per heavy atom. The van der Waals surface area contributed by atoms with Crippen molar-refractivity contribution in [1.82, 2.24) is 20.0 Å². The van der Waals surface area contributed by atoms with E-state index >= 15 is 0 Å². The molecule has 0 aliphatic carbocycles. The summed E-state index contributed by atoms with van der Waals surface area (Å²) in [5.74, 6) is -1.02. The smallest absolute Gasteiger partial charge is 0.317 e. The predicted octanol–water partition coefficient (Wildman–Crippen LogP) is 3.70. The van der Waals surface area contributed by atoms with E-state index in [1.807, 2.05) is 36.4 Å². The standard InChI is InChI=1S/C29H29N5O5/c35-27-24-13-12-23(34(38)39)20-25(24)28(36)33(27)15-7-14-30-29(37)32-18-16-31(17-19-32)26(21-8-3-1-4-9-21)22-10-5-2-6-11-22/h1-6,8-13,20,26H,7,14-19H2,(H,30,37). The van der Waals surface area contributed by atoms with E-state index in [1.165, 1.54) is 23.3 Å². The first-order valence-corrected chi connectivity index (χ1v) is 13.0. The molecule has 0 atom stereocenters. The Labute approximate surface area is 226 Å². The summed E-state index contributed by atoms with van der Waals surface area (Å²) in [6, 6.07) is 24.3. The maximum Gasteiger partial charge on any atom is 0.317 e. The van der Waals surface area contributed by atoms with Crippen LogP contribution in [0.4, 0.5) is 10.5 Å². The van der Waals surface area contributed by atoms with Gasteiger partial charge in [0.25, 0.3) is 17.5 Å². The number of nitro groups is 1. The predicted molar refractivity (Wildman–Crippen MR) is 144 cm³/mol. The summed E-state index contributed by atoms with van der Waals surface area (Å²) in [5.41, 5.74) is 2.40. The number of imide groups is 1. The van der Waals surface area contributed by atoms with Gasteiger partial charge in [-0.05, 0) is 23.6 Å². The summed E-state index contributed by atoms with van der Waals surface area (Å²) >= 11 is 0. The molecule has 3 aromatic carbocycles. The van der Waals surface area contributed by atoms with Crippen LogP contribution in [0, 0.1) is 10.1 Å². The summed E-state index contributed by atoms with van der Waals surface area (Å²) in [4.78, 5) is 53.7. The molecule has 5 rings (SSSR count). The van der Waals surface area contributed by atoms with Crippen LogP contribution in [0.5, 0.6) is 0 Å². The van der Waals surface area contributed by atoms with Crippen LogP contribution in [-0.2, 0) is 0 Å². The number of nitro benzene ring substituents is 1. The average molecular weight is 528 g/mol. The van der Waals surface area contributed by atoms with E-state index in [4.69, 9.17) is 0 Å². The molecule has 1 fully saturated rings. The highest BCUT2D eigenvalue weighted by molar-refractivity contribution is 6.21. The molecule has 2 heterocycles. The second-order valence-electron chi connectivity index (χ2n) is 9.58. The van der Waals surface area contributed by atoms with E-state index in [0.717, 1.165) is 24.1 Å². The number of hydrogen-bond acceptors (Lipinski definition) is 6. The Hall–Kier alpha value is -4.57. The van der Waals surface area contributed by atoms with Gasteiger partial charge in [-0.25, -0.2) is 4.79 Å². The van der Waals surface area contributed by atoms with Crippen molar-refractivity contribution in [1.29, 1.82) is 0 Å². The van der Waals surface area contributed by atoms with Gasteiger partial charge < -0.3 is 10.2 Å². The van der Waals surface area contributed by atoms with Crippen LogP contribution in [0.3, 0.4) is 0 Å². The van der Waals surface area contributed by atoms with E-state index in [-0.39, 0.29) is 35.4 Å². The van der Waals surface area contributed by atoms with Crippen molar-refractivity contribution >= 4 is 23.5 Å². The van der Waals surface area contributed by atoms with Crippen molar-refractivity contribution in [2.75, 3.05) is 39.3 Å². The van der Waals surface area contributed by atoms with Crippen LogP contribution in [0.2, 0.25) is 0 Å². The fourth-order valence-electron chi connectivity index (χ4n) is 5.21. The highest BCUT2D eigenvalue weighted by Crippen LogP contribution is 2.30. The van der Waals surface area contributed by atoms with Crippen LogP contribution in [0.25, 0.3) is 0 Å². The number of non-ortho nitro benzene ring substituents is 1. The van der Waals surface area contributed by atoms with Gasteiger partial charge >= 0.3 is 6.03 Å². The lowest BCUT2D eigenvalue weighted by molar-refractivity contribution is -0.384. The fourth-order valence-corrected chi connectivity index (χ4v) is 5.21. The number of hydrogen-bond donors (Lipinski definition) is 1. The van der Waals surface area contributed by atoms with Crippen molar-refractivity contribution in [3.63, 3.8) is 0 Å². The molecule has 4 amide bonds. The molecule has 0 aromatic heterocycles. The maximum atomic E-state index is 12.8. The molecule has 200 valence electrons. The first-order valence-electron chi connectivity index (χ1n) is 13.0. The van der Waals surface area contributed by atoms with Crippen molar-refractivity contribution in [2.45, 2.75) is 12.5 Å². The molecular weight excluding hydrogens is 498 g/mol. The monoisotopic (exact) mass is 527 g/mol. The molecule has 0 saturated carbocycles. The Kier molecular flexibility index (Phi) is 7.64. The molecule has 1 N–H and O–H groups in total. The number of carbonyl (C=O) groups is 3.